The van der Waals surface area contributed by atoms with Crippen LogP contribution in [0.3, 0.4) is 0 Å². The Kier molecular flexibility index (Phi) is 4.98. The summed E-state index contributed by atoms with van der Waals surface area (Å²) in [6, 6.07) is 0. The summed E-state index contributed by atoms with van der Waals surface area (Å²) in [6.07, 6.45) is 3.57. The summed E-state index contributed by atoms with van der Waals surface area (Å²) in [5.41, 5.74) is 0. The number of likely N-dealkylation sites (N-methyl/N-ethyl adjacent to an activating group) is 1. The second-order valence-electron chi connectivity index (χ2n) is 3.57. The summed E-state index contributed by atoms with van der Waals surface area (Å²) in [5, 5.41) is 3.03. The minimum absolute atomic E-state index is 0.139. The molecule has 0 aromatic carbocycles. The van der Waals surface area contributed by atoms with Crippen LogP contribution in [0.15, 0.2) is 12.4 Å². The first-order chi connectivity index (χ1) is 7.72. The van der Waals surface area contributed by atoms with Gasteiger partial charge in [0.1, 0.15) is 12.4 Å². The number of nitrogens with one attached hydrogen (secondary N) is 1. The predicted molar refractivity (Wildman–Crippen MR) is 62.9 cm³/mol. The zero-order valence-corrected chi connectivity index (χ0v) is 10.2. The van der Waals surface area contributed by atoms with Crippen molar-refractivity contribution in [1.29, 1.82) is 0 Å². The summed E-state index contributed by atoms with van der Waals surface area (Å²) in [7, 11) is 1.87. The van der Waals surface area contributed by atoms with Crippen LogP contribution in [0.25, 0.3) is 0 Å². The standard InChI is InChI=1S/C11H20N4O/c1-4-14(5-2)11(16)9-15-7-6-13-10(15)8-12-3/h6-7,12H,4-5,8-9H2,1-3H3. The average Bonchev–Trinajstić information content (AvgIpc) is 2.68. The van der Waals surface area contributed by atoms with E-state index < -0.39 is 0 Å². The molecule has 5 nitrogen and oxygen atoms in total. The van der Waals surface area contributed by atoms with E-state index in [0.717, 1.165) is 18.9 Å². The molecule has 0 atom stereocenters. The molecule has 1 heterocycles. The fraction of sp³-hybridized carbons (Fsp3) is 0.636. The van der Waals surface area contributed by atoms with Crippen molar-refractivity contribution in [3.63, 3.8) is 0 Å². The molecule has 5 heteroatoms. The number of carbonyl (C=O) groups is 1. The Labute approximate surface area is 96.5 Å². The quantitative estimate of drug-likeness (QED) is 0.764. The number of amides is 1. The highest BCUT2D eigenvalue weighted by Gasteiger charge is 2.11. The lowest BCUT2D eigenvalue weighted by atomic mass is 10.4. The Morgan fingerprint density at radius 3 is 2.75 bits per heavy atom. The largest absolute Gasteiger partial charge is 0.342 e. The van der Waals surface area contributed by atoms with Crippen molar-refractivity contribution in [3.8, 4) is 0 Å². The van der Waals surface area contributed by atoms with Crippen LogP contribution in [0, 0.1) is 0 Å². The van der Waals surface area contributed by atoms with Crippen molar-refractivity contribution in [3.05, 3.63) is 18.2 Å². The van der Waals surface area contributed by atoms with Crippen LogP contribution in [0.2, 0.25) is 0 Å². The predicted octanol–water partition coefficient (Wildman–Crippen LogP) is 0.471. The zero-order chi connectivity index (χ0) is 12.0. The highest BCUT2D eigenvalue weighted by molar-refractivity contribution is 5.75. The maximum absolute atomic E-state index is 11.9. The molecule has 0 saturated carbocycles. The second-order valence-corrected chi connectivity index (χ2v) is 3.57. The van der Waals surface area contributed by atoms with Crippen molar-refractivity contribution < 1.29 is 4.79 Å². The SMILES string of the molecule is CCN(CC)C(=O)Cn1ccnc1CNC. The van der Waals surface area contributed by atoms with Gasteiger partial charge in [-0.1, -0.05) is 0 Å². The molecule has 0 aliphatic carbocycles. The van der Waals surface area contributed by atoms with Crippen molar-refractivity contribution in [2.45, 2.75) is 26.9 Å². The molecule has 0 aliphatic heterocycles. The Bertz CT molecular complexity index is 330. The fourth-order valence-electron chi connectivity index (χ4n) is 1.63. The minimum atomic E-state index is 0.139. The summed E-state index contributed by atoms with van der Waals surface area (Å²) >= 11 is 0. The van der Waals surface area contributed by atoms with Gasteiger partial charge in [0, 0.05) is 25.5 Å². The van der Waals surface area contributed by atoms with Crippen LogP contribution in [0.1, 0.15) is 19.7 Å². The number of nitrogens with zero attached hydrogens (tertiary/aromatic N) is 3. The topological polar surface area (TPSA) is 50.2 Å². The molecular weight excluding hydrogens is 204 g/mol. The van der Waals surface area contributed by atoms with E-state index in [1.165, 1.54) is 0 Å². The Balaban J connectivity index is 2.64. The van der Waals surface area contributed by atoms with Gasteiger partial charge in [-0.2, -0.15) is 0 Å². The third-order valence-electron chi connectivity index (χ3n) is 2.56. The molecule has 1 aromatic heterocycles. The first-order valence-electron chi connectivity index (χ1n) is 5.65. The first-order valence-corrected chi connectivity index (χ1v) is 5.65. The van der Waals surface area contributed by atoms with Gasteiger partial charge in [-0.3, -0.25) is 4.79 Å². The Morgan fingerprint density at radius 2 is 2.19 bits per heavy atom. The minimum Gasteiger partial charge on any atom is -0.342 e. The van der Waals surface area contributed by atoms with Crippen LogP contribution in [0.5, 0.6) is 0 Å². The van der Waals surface area contributed by atoms with Gasteiger partial charge in [0.05, 0.1) is 6.54 Å². The van der Waals surface area contributed by atoms with Gasteiger partial charge < -0.3 is 14.8 Å². The summed E-state index contributed by atoms with van der Waals surface area (Å²) < 4.78 is 1.89. The van der Waals surface area contributed by atoms with E-state index in [0.29, 0.717) is 13.1 Å². The third kappa shape index (κ3) is 3.06. The number of hydrogen-bond acceptors (Lipinski definition) is 3. The van der Waals surface area contributed by atoms with E-state index in [1.807, 2.05) is 36.6 Å². The van der Waals surface area contributed by atoms with Gasteiger partial charge in [0.25, 0.3) is 0 Å². The van der Waals surface area contributed by atoms with E-state index >= 15 is 0 Å². The second kappa shape index (κ2) is 6.27. The van der Waals surface area contributed by atoms with Crippen LogP contribution >= 0.6 is 0 Å². The summed E-state index contributed by atoms with van der Waals surface area (Å²) in [6.45, 7) is 6.54. The van der Waals surface area contributed by atoms with E-state index in [9.17, 15) is 4.79 Å². The van der Waals surface area contributed by atoms with Gasteiger partial charge in [-0.05, 0) is 20.9 Å². The van der Waals surface area contributed by atoms with Gasteiger partial charge in [0.2, 0.25) is 5.91 Å². The highest BCUT2D eigenvalue weighted by Crippen LogP contribution is 2.00. The molecule has 1 amide bonds. The molecule has 1 N–H and O–H groups in total. The number of rotatable bonds is 6. The van der Waals surface area contributed by atoms with Gasteiger partial charge >= 0.3 is 0 Å². The maximum atomic E-state index is 11.9. The van der Waals surface area contributed by atoms with Crippen molar-refractivity contribution >= 4 is 5.91 Å². The molecule has 0 aliphatic rings. The molecule has 0 saturated heterocycles. The molecule has 0 bridgehead atoms. The fourth-order valence-corrected chi connectivity index (χ4v) is 1.63. The lowest BCUT2D eigenvalue weighted by Gasteiger charge is -2.19. The van der Waals surface area contributed by atoms with E-state index in [-0.39, 0.29) is 5.91 Å². The maximum Gasteiger partial charge on any atom is 0.242 e. The van der Waals surface area contributed by atoms with Crippen LogP contribution in [-0.4, -0.2) is 40.5 Å². The number of hydrogen-bond donors (Lipinski definition) is 1. The molecule has 0 fully saturated rings. The van der Waals surface area contributed by atoms with Gasteiger partial charge in [-0.25, -0.2) is 4.98 Å². The highest BCUT2D eigenvalue weighted by atomic mass is 16.2. The van der Waals surface area contributed by atoms with Crippen molar-refractivity contribution in [2.75, 3.05) is 20.1 Å². The smallest absolute Gasteiger partial charge is 0.242 e. The molecule has 0 unspecified atom stereocenters. The van der Waals surface area contributed by atoms with Crippen molar-refractivity contribution in [1.82, 2.24) is 19.8 Å². The number of imidazole rings is 1. The molecule has 0 spiro atoms. The molecule has 16 heavy (non-hydrogen) atoms. The number of aromatic nitrogens is 2. The van der Waals surface area contributed by atoms with E-state index in [4.69, 9.17) is 0 Å². The summed E-state index contributed by atoms with van der Waals surface area (Å²) in [4.78, 5) is 17.9. The van der Waals surface area contributed by atoms with Crippen LogP contribution in [0.4, 0.5) is 0 Å². The first kappa shape index (κ1) is 12.7. The van der Waals surface area contributed by atoms with E-state index in [1.54, 1.807) is 6.20 Å². The monoisotopic (exact) mass is 224 g/mol. The van der Waals surface area contributed by atoms with E-state index in [2.05, 4.69) is 10.3 Å². The van der Waals surface area contributed by atoms with Crippen LogP contribution in [-0.2, 0) is 17.9 Å². The molecule has 90 valence electrons. The van der Waals surface area contributed by atoms with Gasteiger partial charge in [0.15, 0.2) is 0 Å². The normalized spacial score (nSPS) is 10.4. The van der Waals surface area contributed by atoms with Gasteiger partial charge in [-0.15, -0.1) is 0 Å². The lowest BCUT2D eigenvalue weighted by molar-refractivity contribution is -0.131. The molecular formula is C11H20N4O. The Morgan fingerprint density at radius 1 is 1.50 bits per heavy atom. The van der Waals surface area contributed by atoms with Crippen LogP contribution < -0.4 is 5.32 Å². The lowest BCUT2D eigenvalue weighted by Crippen LogP contribution is -2.33. The number of carbonyl (C=O) groups excluding carboxylic acids is 1. The zero-order valence-electron chi connectivity index (χ0n) is 10.2. The summed E-state index contributed by atoms with van der Waals surface area (Å²) in [5.74, 6) is 1.03. The molecule has 0 radical (unpaired) electrons. The third-order valence-corrected chi connectivity index (χ3v) is 2.56. The average molecular weight is 224 g/mol. The van der Waals surface area contributed by atoms with Crippen molar-refractivity contribution in [2.24, 2.45) is 0 Å². The molecule has 1 rings (SSSR count). The Hall–Kier alpha value is -1.36. The molecule has 1 aromatic rings.